The largest absolute Gasteiger partial charge is 1.00 e. The molecule has 0 radical (unpaired) electrons. The average molecular weight is 421 g/mol. The van der Waals surface area contributed by atoms with Crippen LogP contribution >= 0.6 is 0 Å². The minimum atomic E-state index is -5.10. The topological polar surface area (TPSA) is 144 Å². The first-order valence-electron chi connectivity index (χ1n) is 1.87. The second kappa shape index (κ2) is 13.1. The molecule has 0 saturated carbocycles. The van der Waals surface area contributed by atoms with E-state index in [2.05, 4.69) is 7.26 Å². The van der Waals surface area contributed by atoms with E-state index in [9.17, 15) is 21.0 Å². The summed E-state index contributed by atoms with van der Waals surface area (Å²) >= 11 is -3.33. The summed E-state index contributed by atoms with van der Waals surface area (Å²) < 4.78 is 70.6. The summed E-state index contributed by atoms with van der Waals surface area (Å²) in [7, 11) is -10.2. The van der Waals surface area contributed by atoms with Gasteiger partial charge < -0.3 is 2.85 Å². The van der Waals surface area contributed by atoms with Crippen molar-refractivity contribution in [1.82, 2.24) is 0 Å². The van der Waals surface area contributed by atoms with Crippen molar-refractivity contribution in [2.75, 3.05) is 0 Å². The Labute approximate surface area is 168 Å². The predicted molar refractivity (Wildman–Crippen MR) is 35.6 cm³/mol. The van der Waals surface area contributed by atoms with E-state index >= 15 is 0 Å². The minimum Gasteiger partial charge on any atom is -1.00 e. The van der Waals surface area contributed by atoms with Gasteiger partial charge >= 0.3 is 91.3 Å². The van der Waals surface area contributed by atoms with Crippen LogP contribution in [0.1, 0.15) is 2.85 Å². The van der Waals surface area contributed by atoms with Crippen molar-refractivity contribution in [2.45, 2.75) is 0 Å². The third-order valence-corrected chi connectivity index (χ3v) is 2.55. The van der Waals surface area contributed by atoms with E-state index in [1.807, 2.05) is 0 Å². The normalized spacial score (nSPS) is 10.2. The third-order valence-electron chi connectivity index (χ3n) is 0.283. The Morgan fingerprint density at radius 1 is 0.875 bits per heavy atom. The summed E-state index contributed by atoms with van der Waals surface area (Å²) in [6.07, 6.45) is 0. The molecule has 16 heteroatoms. The molecule has 0 aliphatic rings. The summed E-state index contributed by atoms with van der Waals surface area (Å²) in [6.45, 7) is 0. The monoisotopic (exact) mass is 418 g/mol. The van der Waals surface area contributed by atoms with E-state index in [0.717, 1.165) is 0 Å². The molecule has 0 unspecified atom stereocenters. The molecule has 0 rings (SSSR count). The molecule has 16 heavy (non-hydrogen) atoms. The third kappa shape index (κ3) is 25.9. The van der Waals surface area contributed by atoms with E-state index in [1.54, 1.807) is 0 Å². The van der Waals surface area contributed by atoms with Crippen LogP contribution in [-0.4, -0.2) is 30.1 Å². The maximum Gasteiger partial charge on any atom is 1.00 e. The van der Waals surface area contributed by atoms with Crippen LogP contribution in [-0.2, 0) is 78.4 Å². The Balaban J connectivity index is -0.0000000403. The van der Waals surface area contributed by atoms with Crippen molar-refractivity contribution >= 4 is 32.2 Å². The standard InChI is InChI=1S/2Na.H2O9S3.2Zn.2H/c;;1-10(8-11(2,3)4)9-12(5,6)7;;;;/h;;(H,2,3,4)(H,5,6,7);;;;/q2*+1;;;;2*-1. The molecule has 0 aliphatic heterocycles. The number of hydrogen-bond acceptors (Lipinski definition) is 7. The average Bonchev–Trinajstić information content (AvgIpc) is 1.49. The Morgan fingerprint density at radius 2 is 1.06 bits per heavy atom. The Kier molecular flexibility index (Phi) is 25.9. The zero-order valence-corrected chi connectivity index (χ0v) is 20.8. The molecule has 0 heterocycles. The van der Waals surface area contributed by atoms with Crippen molar-refractivity contribution in [3.63, 3.8) is 0 Å². The molecule has 0 bridgehead atoms. The molecule has 9 nitrogen and oxygen atoms in total. The summed E-state index contributed by atoms with van der Waals surface area (Å²) in [5.74, 6) is 0. The molecule has 0 fully saturated rings. The molecule has 0 aromatic heterocycles. The zero-order chi connectivity index (χ0) is 9.99. The fourth-order valence-electron chi connectivity index (χ4n) is 0.152. The fraction of sp³-hybridized carbons (Fsp3) is 0. The van der Waals surface area contributed by atoms with Gasteiger partial charge in [0, 0.05) is 39.0 Å². The number of rotatable bonds is 4. The van der Waals surface area contributed by atoms with Gasteiger partial charge in [0.2, 0.25) is 0 Å². The molecule has 0 spiro atoms. The van der Waals surface area contributed by atoms with Crippen molar-refractivity contribution in [1.29, 1.82) is 0 Å². The maximum absolute atomic E-state index is 10.1. The molecule has 0 saturated heterocycles. The van der Waals surface area contributed by atoms with Crippen LogP contribution < -0.4 is 59.1 Å². The Bertz CT molecular complexity index is 343. The van der Waals surface area contributed by atoms with Crippen LogP contribution in [0.2, 0.25) is 0 Å². The Hall–Kier alpha value is 3.14. The fourth-order valence-corrected chi connectivity index (χ4v) is 1.57. The van der Waals surface area contributed by atoms with Crippen LogP contribution in [0.25, 0.3) is 0 Å². The summed E-state index contributed by atoms with van der Waals surface area (Å²) in [4.78, 5) is 0. The second-order valence-electron chi connectivity index (χ2n) is 1.20. The number of hydrogen-bond donors (Lipinski definition) is 2. The van der Waals surface area contributed by atoms with Crippen molar-refractivity contribution in [3.05, 3.63) is 0 Å². The van der Waals surface area contributed by atoms with Gasteiger partial charge in [-0.15, -0.1) is 7.26 Å². The van der Waals surface area contributed by atoms with E-state index in [4.69, 9.17) is 9.11 Å². The second-order valence-corrected chi connectivity index (χ2v) is 4.40. The quantitative estimate of drug-likeness (QED) is 0.334. The summed E-state index contributed by atoms with van der Waals surface area (Å²) in [6, 6.07) is 0. The summed E-state index contributed by atoms with van der Waals surface area (Å²) in [5.41, 5.74) is 0. The van der Waals surface area contributed by atoms with Crippen LogP contribution in [0.3, 0.4) is 0 Å². The molecular weight excluding hydrogens is 417 g/mol. The van der Waals surface area contributed by atoms with Gasteiger partial charge in [-0.1, -0.05) is 0 Å². The van der Waals surface area contributed by atoms with Gasteiger partial charge in [-0.3, -0.25) is 9.11 Å². The molecular formula is H4Na2O9S3Zn2. The molecule has 2 N–H and O–H groups in total. The molecule has 0 aliphatic carbocycles. The molecule has 0 amide bonds. The van der Waals surface area contributed by atoms with Crippen LogP contribution in [0.4, 0.5) is 0 Å². The Morgan fingerprint density at radius 3 is 1.19 bits per heavy atom. The van der Waals surface area contributed by atoms with Gasteiger partial charge in [-0.05, 0) is 0 Å². The van der Waals surface area contributed by atoms with Gasteiger partial charge in [-0.25, -0.2) is 0 Å². The van der Waals surface area contributed by atoms with E-state index < -0.39 is 32.2 Å². The van der Waals surface area contributed by atoms with Crippen LogP contribution in [0.5, 0.6) is 0 Å². The molecule has 0 aromatic carbocycles. The SMILES string of the molecule is O=S(OS(=O)(=O)O)OS(=O)(=O)O.[H-].[H-].[Na+].[Na+].[Zn].[Zn]. The maximum atomic E-state index is 10.1. The molecule has 0 atom stereocenters. The molecule has 82 valence electrons. The predicted octanol–water partition coefficient (Wildman–Crippen LogP) is -7.57. The van der Waals surface area contributed by atoms with E-state index in [0.29, 0.717) is 0 Å². The van der Waals surface area contributed by atoms with Gasteiger partial charge in [0.1, 0.15) is 0 Å². The zero-order valence-electron chi connectivity index (χ0n) is 10.4. The first kappa shape index (κ1) is 31.5. The van der Waals surface area contributed by atoms with Crippen molar-refractivity contribution in [3.8, 4) is 0 Å². The minimum absolute atomic E-state index is 0. The summed E-state index contributed by atoms with van der Waals surface area (Å²) in [5, 5.41) is 0. The van der Waals surface area contributed by atoms with Crippen molar-refractivity contribution in [2.24, 2.45) is 0 Å². The van der Waals surface area contributed by atoms with Gasteiger partial charge in [0.25, 0.3) is 0 Å². The van der Waals surface area contributed by atoms with Gasteiger partial charge in [-0.2, -0.15) is 21.0 Å². The first-order valence-corrected chi connectivity index (χ1v) is 5.60. The van der Waals surface area contributed by atoms with Crippen LogP contribution in [0, 0.1) is 0 Å². The first-order chi connectivity index (χ1) is 5.10. The van der Waals surface area contributed by atoms with Crippen molar-refractivity contribution < 1.29 is 138 Å². The van der Waals surface area contributed by atoms with Crippen LogP contribution in [0.15, 0.2) is 0 Å². The van der Waals surface area contributed by atoms with E-state index in [-0.39, 0.29) is 101 Å². The molecule has 0 aromatic rings. The smallest absolute Gasteiger partial charge is 1.00 e. The van der Waals surface area contributed by atoms with Gasteiger partial charge in [0.15, 0.2) is 0 Å². The van der Waals surface area contributed by atoms with E-state index in [1.165, 1.54) is 0 Å². The van der Waals surface area contributed by atoms with Gasteiger partial charge in [0.05, 0.1) is 0 Å².